The maximum absolute atomic E-state index is 13.2. The van der Waals surface area contributed by atoms with Crippen molar-refractivity contribution >= 4 is 17.5 Å². The lowest BCUT2D eigenvalue weighted by Crippen LogP contribution is -2.49. The summed E-state index contributed by atoms with van der Waals surface area (Å²) in [5, 5.41) is 0. The van der Waals surface area contributed by atoms with Crippen molar-refractivity contribution < 1.29 is 19.0 Å². The monoisotopic (exact) mass is 425 g/mol. The van der Waals surface area contributed by atoms with Gasteiger partial charge in [0.15, 0.2) is 11.5 Å². The highest BCUT2D eigenvalue weighted by Crippen LogP contribution is 2.34. The van der Waals surface area contributed by atoms with Crippen LogP contribution in [0.5, 0.6) is 11.5 Å². The number of para-hydroxylation sites is 1. The first-order valence-corrected chi connectivity index (χ1v) is 10.8. The fourth-order valence-corrected chi connectivity index (χ4v) is 4.20. The molecule has 31 heavy (non-hydrogen) atoms. The van der Waals surface area contributed by atoms with Crippen molar-refractivity contribution in [1.82, 2.24) is 14.9 Å². The molecule has 164 valence electrons. The number of piperazine rings is 1. The Bertz CT molecular complexity index is 955. The number of nitrogens with zero attached hydrogens (tertiary/aromatic N) is 5. The van der Waals surface area contributed by atoms with E-state index in [4.69, 9.17) is 14.2 Å². The van der Waals surface area contributed by atoms with Gasteiger partial charge in [0, 0.05) is 45.3 Å². The highest BCUT2D eigenvalue weighted by Gasteiger charge is 2.28. The Morgan fingerprint density at radius 1 is 0.871 bits per heavy atom. The number of amides is 1. The first-order valence-electron chi connectivity index (χ1n) is 10.8. The maximum Gasteiger partial charge on any atom is 0.257 e. The average molecular weight is 425 g/mol. The van der Waals surface area contributed by atoms with E-state index in [1.54, 1.807) is 0 Å². The summed E-state index contributed by atoms with van der Waals surface area (Å²) in [5.74, 6) is 3.79. The van der Waals surface area contributed by atoms with E-state index < -0.39 is 0 Å². The van der Waals surface area contributed by atoms with Gasteiger partial charge in [0.2, 0.25) is 0 Å². The molecule has 0 spiro atoms. The molecule has 1 amide bonds. The molecule has 2 aromatic rings. The largest absolute Gasteiger partial charge is 0.486 e. The molecule has 1 aromatic heterocycles. The van der Waals surface area contributed by atoms with Crippen molar-refractivity contribution in [3.05, 3.63) is 35.7 Å². The van der Waals surface area contributed by atoms with Crippen LogP contribution in [0.3, 0.4) is 0 Å². The van der Waals surface area contributed by atoms with Gasteiger partial charge in [-0.3, -0.25) is 4.79 Å². The fraction of sp³-hybridized carbons (Fsp3) is 0.500. The second-order valence-corrected chi connectivity index (χ2v) is 7.84. The second kappa shape index (κ2) is 8.58. The lowest BCUT2D eigenvalue weighted by atomic mass is 10.1. The van der Waals surface area contributed by atoms with Crippen LogP contribution in [0, 0.1) is 6.92 Å². The van der Waals surface area contributed by atoms with Crippen LogP contribution in [0.2, 0.25) is 0 Å². The number of hydrogen-bond donors (Lipinski definition) is 0. The molecule has 0 bridgehead atoms. The van der Waals surface area contributed by atoms with Crippen LogP contribution < -0.4 is 19.3 Å². The molecule has 1 aromatic carbocycles. The van der Waals surface area contributed by atoms with E-state index in [0.717, 1.165) is 56.9 Å². The van der Waals surface area contributed by atoms with E-state index in [9.17, 15) is 4.79 Å². The number of ether oxygens (including phenoxy) is 3. The zero-order valence-electron chi connectivity index (χ0n) is 17.7. The number of aromatic nitrogens is 2. The third-order valence-electron chi connectivity index (χ3n) is 5.83. The van der Waals surface area contributed by atoms with Crippen LogP contribution in [-0.4, -0.2) is 86.5 Å². The summed E-state index contributed by atoms with van der Waals surface area (Å²) in [6.07, 6.45) is 0. The number of aryl methyl sites for hydroxylation is 1. The minimum Gasteiger partial charge on any atom is -0.486 e. The second-order valence-electron chi connectivity index (χ2n) is 7.84. The normalized spacial score (nSPS) is 18.8. The van der Waals surface area contributed by atoms with Gasteiger partial charge in [-0.2, -0.15) is 0 Å². The summed E-state index contributed by atoms with van der Waals surface area (Å²) in [4.78, 5) is 28.8. The highest BCUT2D eigenvalue weighted by atomic mass is 16.6. The molecule has 5 rings (SSSR count). The summed E-state index contributed by atoms with van der Waals surface area (Å²) >= 11 is 0. The number of hydrogen-bond acceptors (Lipinski definition) is 8. The lowest BCUT2D eigenvalue weighted by Gasteiger charge is -2.36. The van der Waals surface area contributed by atoms with Crippen LogP contribution in [0.15, 0.2) is 24.3 Å². The molecular weight excluding hydrogens is 398 g/mol. The summed E-state index contributed by atoms with van der Waals surface area (Å²) in [6, 6.07) is 7.54. The summed E-state index contributed by atoms with van der Waals surface area (Å²) in [6.45, 7) is 8.70. The van der Waals surface area contributed by atoms with Crippen molar-refractivity contribution in [2.45, 2.75) is 6.92 Å². The molecule has 2 saturated heterocycles. The Hall–Kier alpha value is -3.07. The zero-order chi connectivity index (χ0) is 21.2. The van der Waals surface area contributed by atoms with Gasteiger partial charge in [-0.25, -0.2) is 9.97 Å². The van der Waals surface area contributed by atoms with E-state index in [-0.39, 0.29) is 5.91 Å². The fourth-order valence-electron chi connectivity index (χ4n) is 4.20. The molecule has 0 N–H and O–H groups in total. The molecule has 2 fully saturated rings. The Kier molecular flexibility index (Phi) is 5.50. The smallest absolute Gasteiger partial charge is 0.257 e. The first-order chi connectivity index (χ1) is 15.2. The summed E-state index contributed by atoms with van der Waals surface area (Å²) in [5.41, 5.74) is 0.568. The topological polar surface area (TPSA) is 80.3 Å². The highest BCUT2D eigenvalue weighted by molar-refractivity contribution is 5.98. The number of benzene rings is 1. The molecule has 0 saturated carbocycles. The van der Waals surface area contributed by atoms with E-state index in [2.05, 4.69) is 25.8 Å². The number of fused-ring (bicyclic) bond motifs is 1. The van der Waals surface area contributed by atoms with Gasteiger partial charge in [0.1, 0.15) is 30.7 Å². The molecule has 3 aliphatic rings. The van der Waals surface area contributed by atoms with E-state index >= 15 is 0 Å². The molecule has 4 heterocycles. The Morgan fingerprint density at radius 3 is 2.29 bits per heavy atom. The number of morpholine rings is 1. The molecular formula is C22H27N5O4. The molecule has 9 nitrogen and oxygen atoms in total. The van der Waals surface area contributed by atoms with Gasteiger partial charge in [-0.05, 0) is 19.1 Å². The Balaban J connectivity index is 1.28. The third-order valence-corrected chi connectivity index (χ3v) is 5.83. The van der Waals surface area contributed by atoms with Crippen LogP contribution in [0.4, 0.5) is 11.6 Å². The summed E-state index contributed by atoms with van der Waals surface area (Å²) in [7, 11) is 0. The minimum atomic E-state index is -0.0186. The van der Waals surface area contributed by atoms with Gasteiger partial charge < -0.3 is 28.9 Å². The molecule has 9 heteroatoms. The number of carbonyl (C=O) groups is 1. The Morgan fingerprint density at radius 2 is 1.55 bits per heavy atom. The Labute approximate surface area is 181 Å². The van der Waals surface area contributed by atoms with Crippen LogP contribution in [0.25, 0.3) is 0 Å². The van der Waals surface area contributed by atoms with Gasteiger partial charge in [0.25, 0.3) is 5.91 Å². The van der Waals surface area contributed by atoms with Gasteiger partial charge in [-0.15, -0.1) is 0 Å². The average Bonchev–Trinajstić information content (AvgIpc) is 2.83. The standard InChI is InChI=1S/C22H27N5O4/c1-16-23-19(15-20(24-16)26-9-11-29-12-10-26)25-5-7-27(8-6-25)22(28)17-3-2-4-18-21(17)31-14-13-30-18/h2-4,15H,5-14H2,1H3. The van der Waals surface area contributed by atoms with Gasteiger partial charge >= 0.3 is 0 Å². The van der Waals surface area contributed by atoms with Crippen LogP contribution in [-0.2, 0) is 4.74 Å². The van der Waals surface area contributed by atoms with Crippen molar-refractivity contribution in [1.29, 1.82) is 0 Å². The zero-order valence-corrected chi connectivity index (χ0v) is 17.7. The van der Waals surface area contributed by atoms with E-state index in [1.165, 1.54) is 0 Å². The number of carbonyl (C=O) groups excluding carboxylic acids is 1. The number of anilines is 2. The van der Waals surface area contributed by atoms with Gasteiger partial charge in [-0.1, -0.05) is 6.07 Å². The van der Waals surface area contributed by atoms with Crippen molar-refractivity contribution in [2.75, 3.05) is 75.5 Å². The van der Waals surface area contributed by atoms with E-state index in [1.807, 2.05) is 30.0 Å². The molecule has 0 unspecified atom stereocenters. The SMILES string of the molecule is Cc1nc(N2CCOCC2)cc(N2CCN(C(=O)c3cccc4c3OCCO4)CC2)n1. The van der Waals surface area contributed by atoms with Gasteiger partial charge in [0.05, 0.1) is 18.8 Å². The van der Waals surface area contributed by atoms with Crippen molar-refractivity contribution in [2.24, 2.45) is 0 Å². The minimum absolute atomic E-state index is 0.0186. The summed E-state index contributed by atoms with van der Waals surface area (Å²) < 4.78 is 16.8. The predicted molar refractivity (Wildman–Crippen MR) is 115 cm³/mol. The van der Waals surface area contributed by atoms with Crippen LogP contribution >= 0.6 is 0 Å². The first kappa shape index (κ1) is 19.9. The van der Waals surface area contributed by atoms with E-state index in [0.29, 0.717) is 43.4 Å². The molecule has 3 aliphatic heterocycles. The third kappa shape index (κ3) is 4.10. The lowest BCUT2D eigenvalue weighted by molar-refractivity contribution is 0.0736. The molecule has 0 radical (unpaired) electrons. The number of rotatable bonds is 3. The van der Waals surface area contributed by atoms with Crippen molar-refractivity contribution in [3.63, 3.8) is 0 Å². The predicted octanol–water partition coefficient (Wildman–Crippen LogP) is 1.36. The van der Waals surface area contributed by atoms with Crippen molar-refractivity contribution in [3.8, 4) is 11.5 Å². The maximum atomic E-state index is 13.2. The quantitative estimate of drug-likeness (QED) is 0.729. The molecule has 0 aliphatic carbocycles. The van der Waals surface area contributed by atoms with Crippen LogP contribution in [0.1, 0.15) is 16.2 Å². The molecule has 0 atom stereocenters.